The number of nitrogens with zero attached hydrogens (tertiary/aromatic N) is 1. The van der Waals surface area contributed by atoms with Crippen LogP contribution in [0.5, 0.6) is 0 Å². The summed E-state index contributed by atoms with van der Waals surface area (Å²) >= 11 is 1.60. The van der Waals surface area contributed by atoms with E-state index in [2.05, 4.69) is 21.7 Å². The van der Waals surface area contributed by atoms with Crippen LogP contribution in [0, 0.1) is 5.82 Å². The summed E-state index contributed by atoms with van der Waals surface area (Å²) in [6, 6.07) is 16.4. The number of guanidine groups is 1. The van der Waals surface area contributed by atoms with Crippen molar-refractivity contribution in [3.63, 3.8) is 0 Å². The predicted octanol–water partition coefficient (Wildman–Crippen LogP) is 4.45. The second-order valence-electron chi connectivity index (χ2n) is 5.90. The van der Waals surface area contributed by atoms with Crippen LogP contribution in [0.1, 0.15) is 23.5 Å². The first-order chi connectivity index (χ1) is 12.7. The zero-order valence-corrected chi connectivity index (χ0v) is 18.1. The highest BCUT2D eigenvalue weighted by Gasteiger charge is 2.12. The molecule has 0 saturated carbocycles. The molecule has 144 valence electrons. The number of aliphatic hydroxyl groups is 1. The topological polar surface area (TPSA) is 56.7 Å². The van der Waals surface area contributed by atoms with E-state index in [1.165, 1.54) is 16.8 Å². The maximum atomic E-state index is 13.0. The van der Waals surface area contributed by atoms with E-state index in [0.29, 0.717) is 25.6 Å². The van der Waals surface area contributed by atoms with Crippen molar-refractivity contribution in [3.05, 3.63) is 70.9 Å². The molecule has 1 atom stereocenters. The molecule has 0 fully saturated rings. The second-order valence-corrected chi connectivity index (χ2v) is 7.02. The molecule has 0 aliphatic heterocycles. The molecule has 0 amide bonds. The first-order valence-electron chi connectivity index (χ1n) is 8.59. The Hall–Kier alpha value is -1.71. The van der Waals surface area contributed by atoms with E-state index in [1.54, 1.807) is 23.5 Å². The summed E-state index contributed by atoms with van der Waals surface area (Å²) in [7, 11) is 0. The highest BCUT2D eigenvalue weighted by atomic mass is 127. The number of aliphatic imine (C=N–C) groups is 1. The lowest BCUT2D eigenvalue weighted by atomic mass is 10.2. The third kappa shape index (κ3) is 6.15. The molecule has 1 unspecified atom stereocenters. The SMILES string of the molecule is CCNC(=NCc1ccc(F)cc1)NCC(O)c1cc2ccccc2s1.I. The third-order valence-electron chi connectivity index (χ3n) is 3.91. The van der Waals surface area contributed by atoms with Crippen LogP contribution in [0.25, 0.3) is 10.1 Å². The van der Waals surface area contributed by atoms with Gasteiger partial charge in [0.25, 0.3) is 0 Å². The van der Waals surface area contributed by atoms with Gasteiger partial charge in [-0.2, -0.15) is 0 Å². The molecule has 27 heavy (non-hydrogen) atoms. The minimum atomic E-state index is -0.609. The van der Waals surface area contributed by atoms with Crippen molar-refractivity contribution in [2.75, 3.05) is 13.1 Å². The first-order valence-corrected chi connectivity index (χ1v) is 9.40. The highest BCUT2D eigenvalue weighted by Crippen LogP contribution is 2.29. The fraction of sp³-hybridized carbons (Fsp3) is 0.250. The number of hydrogen-bond acceptors (Lipinski definition) is 3. The fourth-order valence-corrected chi connectivity index (χ4v) is 3.61. The first kappa shape index (κ1) is 21.6. The molecule has 4 nitrogen and oxygen atoms in total. The number of fused-ring (bicyclic) bond motifs is 1. The minimum absolute atomic E-state index is 0. The zero-order valence-electron chi connectivity index (χ0n) is 15.0. The van der Waals surface area contributed by atoms with E-state index in [0.717, 1.165) is 15.8 Å². The quantitative estimate of drug-likeness (QED) is 0.267. The van der Waals surface area contributed by atoms with Crippen molar-refractivity contribution in [1.29, 1.82) is 0 Å². The van der Waals surface area contributed by atoms with Gasteiger partial charge in [-0.05, 0) is 42.1 Å². The Kier molecular flexibility index (Phi) is 8.46. The normalized spacial score (nSPS) is 12.5. The van der Waals surface area contributed by atoms with Gasteiger partial charge in [0, 0.05) is 22.7 Å². The molecule has 0 bridgehead atoms. The van der Waals surface area contributed by atoms with Crippen LogP contribution in [0.15, 0.2) is 59.6 Å². The molecular weight excluding hydrogens is 476 g/mol. The minimum Gasteiger partial charge on any atom is -0.386 e. The van der Waals surface area contributed by atoms with Gasteiger partial charge >= 0.3 is 0 Å². The Morgan fingerprint density at radius 3 is 2.59 bits per heavy atom. The van der Waals surface area contributed by atoms with Crippen molar-refractivity contribution in [2.24, 2.45) is 4.99 Å². The van der Waals surface area contributed by atoms with Crippen LogP contribution in [0.4, 0.5) is 4.39 Å². The second kappa shape index (κ2) is 10.6. The van der Waals surface area contributed by atoms with Crippen LogP contribution in [0.2, 0.25) is 0 Å². The molecule has 0 spiro atoms. The van der Waals surface area contributed by atoms with Crippen LogP contribution in [-0.2, 0) is 6.54 Å². The van der Waals surface area contributed by atoms with Crippen LogP contribution in [-0.4, -0.2) is 24.2 Å². The van der Waals surface area contributed by atoms with Gasteiger partial charge in [0.15, 0.2) is 5.96 Å². The van der Waals surface area contributed by atoms with Gasteiger partial charge in [-0.15, -0.1) is 35.3 Å². The lowest BCUT2D eigenvalue weighted by molar-refractivity contribution is 0.184. The summed E-state index contributed by atoms with van der Waals surface area (Å²) < 4.78 is 14.1. The van der Waals surface area contributed by atoms with E-state index >= 15 is 0 Å². The summed E-state index contributed by atoms with van der Waals surface area (Å²) in [6.07, 6.45) is -0.609. The predicted molar refractivity (Wildman–Crippen MR) is 121 cm³/mol. The molecule has 1 aromatic heterocycles. The van der Waals surface area contributed by atoms with Gasteiger partial charge in [-0.1, -0.05) is 30.3 Å². The number of benzene rings is 2. The van der Waals surface area contributed by atoms with Gasteiger partial charge < -0.3 is 15.7 Å². The molecule has 0 radical (unpaired) electrons. The van der Waals surface area contributed by atoms with E-state index in [-0.39, 0.29) is 29.8 Å². The number of thiophene rings is 1. The van der Waals surface area contributed by atoms with Gasteiger partial charge in [-0.25, -0.2) is 9.38 Å². The lowest BCUT2D eigenvalue weighted by Gasteiger charge is -2.14. The maximum absolute atomic E-state index is 13.0. The molecule has 0 saturated heterocycles. The van der Waals surface area contributed by atoms with E-state index in [4.69, 9.17) is 0 Å². The molecular formula is C20H23FIN3OS. The van der Waals surface area contributed by atoms with Crippen molar-refractivity contribution in [2.45, 2.75) is 19.6 Å². The molecule has 0 aliphatic rings. The van der Waals surface area contributed by atoms with E-state index in [1.807, 2.05) is 31.2 Å². The average molecular weight is 499 g/mol. The van der Waals surface area contributed by atoms with E-state index < -0.39 is 6.10 Å². The van der Waals surface area contributed by atoms with Gasteiger partial charge in [0.2, 0.25) is 0 Å². The average Bonchev–Trinajstić information content (AvgIpc) is 3.09. The maximum Gasteiger partial charge on any atom is 0.191 e. The van der Waals surface area contributed by atoms with Gasteiger partial charge in [0.1, 0.15) is 11.9 Å². The van der Waals surface area contributed by atoms with Gasteiger partial charge in [-0.3, -0.25) is 0 Å². The number of hydrogen-bond donors (Lipinski definition) is 3. The molecule has 2 aromatic carbocycles. The summed E-state index contributed by atoms with van der Waals surface area (Å²) in [5.41, 5.74) is 0.925. The van der Waals surface area contributed by atoms with E-state index in [9.17, 15) is 9.50 Å². The molecule has 0 aliphatic carbocycles. The third-order valence-corrected chi connectivity index (χ3v) is 5.13. The van der Waals surface area contributed by atoms with Crippen molar-refractivity contribution < 1.29 is 9.50 Å². The Balaban J connectivity index is 0.00000261. The largest absolute Gasteiger partial charge is 0.386 e. The smallest absolute Gasteiger partial charge is 0.191 e. The summed E-state index contributed by atoms with van der Waals surface area (Å²) in [5, 5.41) is 17.9. The summed E-state index contributed by atoms with van der Waals surface area (Å²) in [5.74, 6) is 0.367. The zero-order chi connectivity index (χ0) is 18.4. The lowest BCUT2D eigenvalue weighted by Crippen LogP contribution is -2.39. The Morgan fingerprint density at radius 1 is 1.15 bits per heavy atom. The Morgan fingerprint density at radius 2 is 1.89 bits per heavy atom. The molecule has 3 N–H and O–H groups in total. The number of rotatable bonds is 6. The fourth-order valence-electron chi connectivity index (χ4n) is 2.56. The number of nitrogens with one attached hydrogen (secondary N) is 2. The van der Waals surface area contributed by atoms with Crippen molar-refractivity contribution in [3.8, 4) is 0 Å². The van der Waals surface area contributed by atoms with Crippen molar-refractivity contribution >= 4 is 51.4 Å². The molecule has 3 rings (SSSR count). The van der Waals surface area contributed by atoms with Crippen LogP contribution < -0.4 is 10.6 Å². The Bertz CT molecular complexity index is 849. The monoisotopic (exact) mass is 499 g/mol. The highest BCUT2D eigenvalue weighted by molar-refractivity contribution is 14.0. The molecule has 3 aromatic rings. The number of aliphatic hydroxyl groups excluding tert-OH is 1. The van der Waals surface area contributed by atoms with Crippen LogP contribution >= 0.6 is 35.3 Å². The summed E-state index contributed by atoms with van der Waals surface area (Å²) in [6.45, 7) is 3.50. The summed E-state index contributed by atoms with van der Waals surface area (Å²) in [4.78, 5) is 5.41. The number of halogens is 2. The van der Waals surface area contributed by atoms with Crippen molar-refractivity contribution in [1.82, 2.24) is 10.6 Å². The van der Waals surface area contributed by atoms with Crippen LogP contribution in [0.3, 0.4) is 0 Å². The standard InChI is InChI=1S/C20H22FN3OS.HI/c1-2-22-20(23-12-14-7-9-16(21)10-8-14)24-13-17(25)19-11-15-5-3-4-6-18(15)26-19;/h3-11,17,25H,2,12-13H2,1H3,(H2,22,23,24);1H. The molecule has 7 heteroatoms. The Labute approximate surface area is 179 Å². The van der Waals surface area contributed by atoms with Gasteiger partial charge in [0.05, 0.1) is 6.54 Å². The molecule has 1 heterocycles.